The molecule has 0 bridgehead atoms. The van der Waals surface area contributed by atoms with Crippen LogP contribution in [0.2, 0.25) is 5.02 Å². The van der Waals surface area contributed by atoms with E-state index in [4.69, 9.17) is 26.9 Å². The summed E-state index contributed by atoms with van der Waals surface area (Å²) in [6.07, 6.45) is -0.448. The average Bonchev–Trinajstić information content (AvgIpc) is 2.61. The molecule has 0 spiro atoms. The molecule has 1 aromatic heterocycles. The molecule has 1 aromatic rings. The van der Waals surface area contributed by atoms with Crippen molar-refractivity contribution in [2.75, 3.05) is 14.2 Å². The van der Waals surface area contributed by atoms with Gasteiger partial charge in [-0.1, -0.05) is 11.6 Å². The van der Waals surface area contributed by atoms with Gasteiger partial charge in [0.05, 0.1) is 5.02 Å². The summed E-state index contributed by atoms with van der Waals surface area (Å²) in [7, 11) is 3.11. The number of hydrazine groups is 1. The third kappa shape index (κ3) is 2.44. The van der Waals surface area contributed by atoms with Crippen molar-refractivity contribution in [1.29, 1.82) is 0 Å². The van der Waals surface area contributed by atoms with Crippen LogP contribution in [0, 0.1) is 0 Å². The van der Waals surface area contributed by atoms with Gasteiger partial charge in [0, 0.05) is 19.1 Å². The first kappa shape index (κ1) is 11.9. The molecule has 3 N–H and O–H groups in total. The number of hydrogen-bond donors (Lipinski definition) is 2. The van der Waals surface area contributed by atoms with Gasteiger partial charge in [0.15, 0.2) is 6.29 Å². The van der Waals surface area contributed by atoms with Gasteiger partial charge in [-0.15, -0.1) is 11.3 Å². The minimum absolute atomic E-state index is 0.252. The third-order valence-corrected chi connectivity index (χ3v) is 3.29. The molecule has 1 rings (SSSR count). The van der Waals surface area contributed by atoms with Gasteiger partial charge in [-0.3, -0.25) is 5.84 Å². The molecule has 6 heteroatoms. The smallest absolute Gasteiger partial charge is 0.178 e. The molecule has 80 valence electrons. The van der Waals surface area contributed by atoms with Crippen LogP contribution < -0.4 is 11.3 Å². The lowest BCUT2D eigenvalue weighted by molar-refractivity contribution is -0.123. The van der Waals surface area contributed by atoms with Crippen molar-refractivity contribution in [1.82, 2.24) is 5.43 Å². The molecule has 1 atom stereocenters. The van der Waals surface area contributed by atoms with Crippen LogP contribution in [0.15, 0.2) is 11.4 Å². The lowest BCUT2D eigenvalue weighted by Gasteiger charge is -2.23. The highest BCUT2D eigenvalue weighted by Gasteiger charge is 2.24. The number of halogens is 1. The minimum atomic E-state index is -0.448. The van der Waals surface area contributed by atoms with Crippen LogP contribution in [-0.4, -0.2) is 20.5 Å². The molecule has 0 aliphatic heterocycles. The van der Waals surface area contributed by atoms with Gasteiger partial charge in [0.25, 0.3) is 0 Å². The van der Waals surface area contributed by atoms with E-state index in [0.717, 1.165) is 4.88 Å². The lowest BCUT2D eigenvalue weighted by Crippen LogP contribution is -2.38. The van der Waals surface area contributed by atoms with E-state index in [1.165, 1.54) is 11.3 Å². The second-order valence-corrected chi connectivity index (χ2v) is 3.97. The van der Waals surface area contributed by atoms with Crippen molar-refractivity contribution >= 4 is 22.9 Å². The van der Waals surface area contributed by atoms with E-state index >= 15 is 0 Å². The molecule has 4 nitrogen and oxygen atoms in total. The van der Waals surface area contributed by atoms with Crippen molar-refractivity contribution < 1.29 is 9.47 Å². The molecule has 0 saturated heterocycles. The van der Waals surface area contributed by atoms with E-state index in [9.17, 15) is 0 Å². The first-order valence-electron chi connectivity index (χ1n) is 3.99. The van der Waals surface area contributed by atoms with Gasteiger partial charge in [0.1, 0.15) is 6.04 Å². The molecule has 0 fully saturated rings. The highest BCUT2D eigenvalue weighted by Crippen LogP contribution is 2.31. The number of ether oxygens (including phenoxy) is 2. The first-order valence-corrected chi connectivity index (χ1v) is 5.25. The van der Waals surface area contributed by atoms with Crippen LogP contribution in [0.5, 0.6) is 0 Å². The summed E-state index contributed by atoms with van der Waals surface area (Å²) in [5, 5.41) is 2.56. The topological polar surface area (TPSA) is 56.5 Å². The SMILES string of the molecule is COC(OC)C(NN)c1sccc1Cl. The first-order chi connectivity index (χ1) is 6.74. The minimum Gasteiger partial charge on any atom is -0.354 e. The number of nitrogens with one attached hydrogen (secondary N) is 1. The van der Waals surface area contributed by atoms with E-state index < -0.39 is 6.29 Å². The van der Waals surface area contributed by atoms with Crippen LogP contribution in [0.1, 0.15) is 10.9 Å². The Labute approximate surface area is 91.9 Å². The summed E-state index contributed by atoms with van der Waals surface area (Å²) in [4.78, 5) is 0.905. The van der Waals surface area contributed by atoms with Crippen molar-refractivity contribution in [3.05, 3.63) is 21.3 Å². The molecule has 0 aromatic carbocycles. The fraction of sp³-hybridized carbons (Fsp3) is 0.500. The number of rotatable bonds is 5. The van der Waals surface area contributed by atoms with Gasteiger partial charge in [-0.05, 0) is 11.4 Å². The van der Waals surface area contributed by atoms with Crippen molar-refractivity contribution in [3.8, 4) is 0 Å². The van der Waals surface area contributed by atoms with Crippen LogP contribution in [0.25, 0.3) is 0 Å². The summed E-state index contributed by atoms with van der Waals surface area (Å²) in [6.45, 7) is 0. The second kappa shape index (κ2) is 5.65. The van der Waals surface area contributed by atoms with Crippen LogP contribution in [-0.2, 0) is 9.47 Å². The Hall–Kier alpha value is -0.170. The Morgan fingerprint density at radius 2 is 2.14 bits per heavy atom. The molecule has 0 aliphatic carbocycles. The monoisotopic (exact) mass is 236 g/mol. The molecule has 1 heterocycles. The predicted molar refractivity (Wildman–Crippen MR) is 57.2 cm³/mol. The quantitative estimate of drug-likeness (QED) is 0.463. The maximum absolute atomic E-state index is 5.98. The largest absolute Gasteiger partial charge is 0.354 e. The molecule has 0 aliphatic rings. The Kier molecular flexibility index (Phi) is 4.80. The van der Waals surface area contributed by atoms with E-state index in [-0.39, 0.29) is 6.04 Å². The number of nitrogens with two attached hydrogens (primary N) is 1. The van der Waals surface area contributed by atoms with Crippen LogP contribution >= 0.6 is 22.9 Å². The normalized spacial score (nSPS) is 13.5. The maximum atomic E-state index is 5.98. The third-order valence-electron chi connectivity index (χ3n) is 1.84. The van der Waals surface area contributed by atoms with Crippen LogP contribution in [0.4, 0.5) is 0 Å². The molecule has 0 radical (unpaired) electrons. The summed E-state index contributed by atoms with van der Waals surface area (Å²) >= 11 is 7.48. The summed E-state index contributed by atoms with van der Waals surface area (Å²) < 4.78 is 10.2. The Morgan fingerprint density at radius 1 is 1.50 bits per heavy atom. The molecule has 0 amide bonds. The molecule has 0 saturated carbocycles. The van der Waals surface area contributed by atoms with Gasteiger partial charge in [-0.25, -0.2) is 5.43 Å². The zero-order chi connectivity index (χ0) is 10.6. The Balaban J connectivity index is 2.86. The molecule has 14 heavy (non-hydrogen) atoms. The standard InChI is InChI=1S/C8H13ClN2O2S/c1-12-8(13-2)6(11-10)7-5(9)3-4-14-7/h3-4,6,8,11H,10H2,1-2H3. The molecular weight excluding hydrogens is 224 g/mol. The Morgan fingerprint density at radius 3 is 2.50 bits per heavy atom. The molecular formula is C8H13ClN2O2S. The van der Waals surface area contributed by atoms with E-state index in [1.807, 2.05) is 11.4 Å². The predicted octanol–water partition coefficient (Wildman–Crippen LogP) is 1.52. The second-order valence-electron chi connectivity index (χ2n) is 2.62. The van der Waals surface area contributed by atoms with Gasteiger partial charge >= 0.3 is 0 Å². The lowest BCUT2D eigenvalue weighted by atomic mass is 10.2. The van der Waals surface area contributed by atoms with E-state index in [1.54, 1.807) is 14.2 Å². The summed E-state index contributed by atoms with van der Waals surface area (Å²) in [5.74, 6) is 5.42. The fourth-order valence-electron chi connectivity index (χ4n) is 1.17. The van der Waals surface area contributed by atoms with Crippen molar-refractivity contribution in [2.24, 2.45) is 5.84 Å². The fourth-order valence-corrected chi connectivity index (χ4v) is 2.42. The maximum Gasteiger partial charge on any atom is 0.178 e. The summed E-state index contributed by atoms with van der Waals surface area (Å²) in [5.41, 5.74) is 2.62. The van der Waals surface area contributed by atoms with Gasteiger partial charge in [0.2, 0.25) is 0 Å². The highest BCUT2D eigenvalue weighted by molar-refractivity contribution is 7.10. The van der Waals surface area contributed by atoms with Gasteiger partial charge in [-0.2, -0.15) is 0 Å². The number of thiophene rings is 1. The average molecular weight is 237 g/mol. The number of hydrogen-bond acceptors (Lipinski definition) is 5. The highest BCUT2D eigenvalue weighted by atomic mass is 35.5. The van der Waals surface area contributed by atoms with E-state index in [0.29, 0.717) is 5.02 Å². The van der Waals surface area contributed by atoms with Gasteiger partial charge < -0.3 is 9.47 Å². The zero-order valence-electron chi connectivity index (χ0n) is 7.99. The Bertz CT molecular complexity index is 278. The number of methoxy groups -OCH3 is 2. The van der Waals surface area contributed by atoms with E-state index in [2.05, 4.69) is 5.43 Å². The van der Waals surface area contributed by atoms with Crippen LogP contribution in [0.3, 0.4) is 0 Å². The molecule has 1 unspecified atom stereocenters. The summed E-state index contributed by atoms with van der Waals surface area (Å²) in [6, 6.07) is 1.56. The van der Waals surface area contributed by atoms with Crippen molar-refractivity contribution in [2.45, 2.75) is 12.3 Å². The van der Waals surface area contributed by atoms with Crippen molar-refractivity contribution in [3.63, 3.8) is 0 Å². The zero-order valence-corrected chi connectivity index (χ0v) is 9.56.